The Morgan fingerprint density at radius 3 is 2.18 bits per heavy atom. The fourth-order valence-electron chi connectivity index (χ4n) is 5.07. The number of ketones is 2. The van der Waals surface area contributed by atoms with Crippen LogP contribution in [0, 0.1) is 0 Å². The molecule has 2 aliphatic rings. The van der Waals surface area contributed by atoms with Crippen molar-refractivity contribution in [3.8, 4) is 0 Å². The van der Waals surface area contributed by atoms with Crippen molar-refractivity contribution in [2.24, 2.45) is 0 Å². The summed E-state index contributed by atoms with van der Waals surface area (Å²) in [6.45, 7) is 5.51. The van der Waals surface area contributed by atoms with Crippen molar-refractivity contribution in [3.63, 3.8) is 0 Å². The number of benzene rings is 2. The van der Waals surface area contributed by atoms with Gasteiger partial charge < -0.3 is 0 Å². The van der Waals surface area contributed by atoms with Crippen molar-refractivity contribution in [2.45, 2.75) is 25.4 Å². The number of rotatable bonds is 5. The summed E-state index contributed by atoms with van der Waals surface area (Å²) in [7, 11) is 0. The predicted molar refractivity (Wildman–Crippen MR) is 129 cm³/mol. The van der Waals surface area contributed by atoms with Gasteiger partial charge in [-0.1, -0.05) is 61.0 Å². The van der Waals surface area contributed by atoms with Gasteiger partial charge in [-0.15, -0.1) is 0 Å². The van der Waals surface area contributed by atoms with E-state index in [9.17, 15) is 9.59 Å². The molecule has 6 heteroatoms. The van der Waals surface area contributed by atoms with Gasteiger partial charge in [0, 0.05) is 54.6 Å². The van der Waals surface area contributed by atoms with Gasteiger partial charge in [-0.05, 0) is 36.2 Å². The molecule has 1 fully saturated rings. The number of carbonyl (C=O) groups is 2. The van der Waals surface area contributed by atoms with E-state index in [4.69, 9.17) is 16.6 Å². The van der Waals surface area contributed by atoms with Crippen LogP contribution < -0.4 is 0 Å². The fourth-order valence-corrected chi connectivity index (χ4v) is 5.28. The first-order chi connectivity index (χ1) is 16.0. The first kappa shape index (κ1) is 22.0. The van der Waals surface area contributed by atoms with Crippen LogP contribution >= 0.6 is 11.6 Å². The van der Waals surface area contributed by atoms with Crippen molar-refractivity contribution in [1.82, 2.24) is 14.8 Å². The molecule has 1 saturated heterocycles. The zero-order chi connectivity index (χ0) is 23.0. The van der Waals surface area contributed by atoms with Crippen LogP contribution in [0.15, 0.2) is 66.7 Å². The Bertz CT molecular complexity index is 1180. The lowest BCUT2D eigenvalue weighted by molar-refractivity contribution is 0.0266. The highest BCUT2D eigenvalue weighted by atomic mass is 35.5. The Morgan fingerprint density at radius 2 is 1.55 bits per heavy atom. The summed E-state index contributed by atoms with van der Waals surface area (Å²) < 4.78 is 0. The van der Waals surface area contributed by atoms with Crippen molar-refractivity contribution >= 4 is 23.2 Å². The minimum absolute atomic E-state index is 0.160. The predicted octanol–water partition coefficient (Wildman–Crippen LogP) is 4.39. The zero-order valence-corrected chi connectivity index (χ0v) is 19.4. The maximum Gasteiger partial charge on any atom is 0.198 e. The number of Topliss-reactive ketones (excluding diaryl/α,β-unsaturated/α-hetero) is 2. The van der Waals surface area contributed by atoms with Crippen LogP contribution in [0.4, 0.5) is 0 Å². The molecule has 1 aliphatic heterocycles. The average molecular weight is 460 g/mol. The van der Waals surface area contributed by atoms with Crippen molar-refractivity contribution in [3.05, 3.63) is 99.8 Å². The first-order valence-corrected chi connectivity index (χ1v) is 11.8. The quantitative estimate of drug-likeness (QED) is 0.530. The van der Waals surface area contributed by atoms with E-state index >= 15 is 0 Å². The minimum Gasteiger partial charge on any atom is -0.297 e. The number of aryl methyl sites for hydroxylation is 1. The molecule has 0 unspecified atom stereocenters. The third-order valence-electron chi connectivity index (χ3n) is 6.76. The maximum absolute atomic E-state index is 13.9. The van der Waals surface area contributed by atoms with Gasteiger partial charge in [-0.2, -0.15) is 0 Å². The van der Waals surface area contributed by atoms with E-state index in [-0.39, 0.29) is 11.6 Å². The van der Waals surface area contributed by atoms with E-state index in [0.29, 0.717) is 29.9 Å². The standard InChI is InChI=1S/C27H26ClN3O2/c1-2-21-9-6-12-24(29-21)27(25(32)22-10-3-4-11-23(22)26(27)33)31-15-13-30(14-16-31)18-19-7-5-8-20(28)17-19/h3-12,17H,2,13-16,18H2,1H3. The molecule has 0 radical (unpaired) electrons. The molecular formula is C27H26ClN3O2. The van der Waals surface area contributed by atoms with Crippen molar-refractivity contribution in [1.29, 1.82) is 0 Å². The largest absolute Gasteiger partial charge is 0.297 e. The monoisotopic (exact) mass is 459 g/mol. The van der Waals surface area contributed by atoms with E-state index in [0.717, 1.165) is 42.3 Å². The van der Waals surface area contributed by atoms with Gasteiger partial charge in [0.2, 0.25) is 0 Å². The van der Waals surface area contributed by atoms with Gasteiger partial charge in [0.05, 0.1) is 5.69 Å². The first-order valence-electron chi connectivity index (χ1n) is 11.4. The van der Waals surface area contributed by atoms with E-state index in [1.54, 1.807) is 12.1 Å². The summed E-state index contributed by atoms with van der Waals surface area (Å²) in [6, 6.07) is 20.7. The lowest BCUT2D eigenvalue weighted by Crippen LogP contribution is -2.60. The van der Waals surface area contributed by atoms with E-state index in [2.05, 4.69) is 11.0 Å². The molecule has 0 saturated carbocycles. The van der Waals surface area contributed by atoms with Crippen LogP contribution in [-0.4, -0.2) is 52.5 Å². The Morgan fingerprint density at radius 1 is 0.879 bits per heavy atom. The second kappa shape index (κ2) is 8.82. The van der Waals surface area contributed by atoms with Crippen molar-refractivity contribution in [2.75, 3.05) is 26.2 Å². The normalized spacial score (nSPS) is 18.5. The highest BCUT2D eigenvalue weighted by Crippen LogP contribution is 2.42. The van der Waals surface area contributed by atoms with Gasteiger partial charge in [-0.3, -0.25) is 24.4 Å². The Labute approximate surface area is 199 Å². The Kier molecular flexibility index (Phi) is 5.87. The summed E-state index contributed by atoms with van der Waals surface area (Å²) in [5.41, 5.74) is 2.17. The number of carbonyl (C=O) groups excluding carboxylic acids is 2. The lowest BCUT2D eigenvalue weighted by Gasteiger charge is -2.43. The molecule has 0 amide bonds. The van der Waals surface area contributed by atoms with Crippen LogP contribution in [0.3, 0.4) is 0 Å². The zero-order valence-electron chi connectivity index (χ0n) is 18.6. The number of pyridine rings is 1. The molecule has 5 nitrogen and oxygen atoms in total. The third kappa shape index (κ3) is 3.70. The number of hydrogen-bond donors (Lipinski definition) is 0. The van der Waals surface area contributed by atoms with Crippen LogP contribution in [0.5, 0.6) is 0 Å². The van der Waals surface area contributed by atoms with Crippen LogP contribution in [0.1, 0.15) is 44.6 Å². The molecule has 1 aliphatic carbocycles. The van der Waals surface area contributed by atoms with Gasteiger partial charge >= 0.3 is 0 Å². The number of piperazine rings is 1. The SMILES string of the molecule is CCc1cccc(C2(N3CCN(Cc4cccc(Cl)c4)CC3)C(=O)c3ccccc3C2=O)n1. The lowest BCUT2D eigenvalue weighted by atomic mass is 9.85. The van der Waals surface area contributed by atoms with Crippen LogP contribution in [0.25, 0.3) is 0 Å². The highest BCUT2D eigenvalue weighted by molar-refractivity contribution is 6.32. The Balaban J connectivity index is 1.48. The number of halogens is 1. The molecule has 33 heavy (non-hydrogen) atoms. The van der Waals surface area contributed by atoms with Crippen molar-refractivity contribution < 1.29 is 9.59 Å². The van der Waals surface area contributed by atoms with E-state index in [1.165, 1.54) is 0 Å². The van der Waals surface area contributed by atoms with E-state index in [1.807, 2.05) is 60.4 Å². The Hall–Kier alpha value is -2.86. The average Bonchev–Trinajstić information content (AvgIpc) is 3.07. The smallest absolute Gasteiger partial charge is 0.198 e. The highest BCUT2D eigenvalue weighted by Gasteiger charge is 2.59. The summed E-state index contributed by atoms with van der Waals surface area (Å²) in [6.07, 6.45) is 0.743. The van der Waals surface area contributed by atoms with Gasteiger partial charge in [0.25, 0.3) is 0 Å². The molecule has 2 heterocycles. The summed E-state index contributed by atoms with van der Waals surface area (Å²) in [4.78, 5) is 37.0. The van der Waals surface area contributed by atoms with Crippen LogP contribution in [0.2, 0.25) is 5.02 Å². The number of nitrogens with zero attached hydrogens (tertiary/aromatic N) is 3. The molecule has 168 valence electrons. The number of hydrogen-bond acceptors (Lipinski definition) is 5. The second-order valence-electron chi connectivity index (χ2n) is 8.68. The molecule has 0 atom stereocenters. The van der Waals surface area contributed by atoms with E-state index < -0.39 is 5.54 Å². The summed E-state index contributed by atoms with van der Waals surface area (Å²) >= 11 is 6.15. The van der Waals surface area contributed by atoms with Gasteiger partial charge in [-0.25, -0.2) is 0 Å². The topological polar surface area (TPSA) is 53.5 Å². The maximum atomic E-state index is 13.9. The minimum atomic E-state index is -1.39. The third-order valence-corrected chi connectivity index (χ3v) is 6.99. The molecular weight excluding hydrogens is 434 g/mol. The molecule has 1 aromatic heterocycles. The second-order valence-corrected chi connectivity index (χ2v) is 9.11. The number of fused-ring (bicyclic) bond motifs is 1. The molecule has 0 N–H and O–H groups in total. The number of aromatic nitrogens is 1. The molecule has 0 spiro atoms. The fraction of sp³-hybridized carbons (Fsp3) is 0.296. The summed E-state index contributed by atoms with van der Waals surface area (Å²) in [5.74, 6) is -0.320. The molecule has 5 rings (SSSR count). The molecule has 2 aromatic carbocycles. The molecule has 0 bridgehead atoms. The molecule has 3 aromatic rings. The summed E-state index contributed by atoms with van der Waals surface area (Å²) in [5, 5.41) is 0.729. The van der Waals surface area contributed by atoms with Crippen LogP contribution in [-0.2, 0) is 18.5 Å². The van der Waals surface area contributed by atoms with Gasteiger partial charge in [0.15, 0.2) is 17.1 Å². The van der Waals surface area contributed by atoms with Gasteiger partial charge in [0.1, 0.15) is 0 Å².